The van der Waals surface area contributed by atoms with Gasteiger partial charge in [0.2, 0.25) is 0 Å². The highest BCUT2D eigenvalue weighted by Crippen LogP contribution is 2.31. The van der Waals surface area contributed by atoms with E-state index in [9.17, 15) is 4.79 Å². The lowest BCUT2D eigenvalue weighted by atomic mass is 10.1. The zero-order valence-electron chi connectivity index (χ0n) is 17.6. The van der Waals surface area contributed by atoms with Gasteiger partial charge in [-0.3, -0.25) is 9.48 Å². The van der Waals surface area contributed by atoms with Gasteiger partial charge in [-0.15, -0.1) is 0 Å². The number of hydrogen-bond acceptors (Lipinski definition) is 6. The Hall–Kier alpha value is -3.10. The first-order valence-corrected chi connectivity index (χ1v) is 10.5. The Morgan fingerprint density at radius 3 is 2.61 bits per heavy atom. The Balaban J connectivity index is 1.38. The highest BCUT2D eigenvalue weighted by atomic mass is 16.5. The number of amides is 1. The Morgan fingerprint density at radius 1 is 1.16 bits per heavy atom. The number of aryl methyl sites for hydroxylation is 1. The highest BCUT2D eigenvalue weighted by molar-refractivity contribution is 6.00. The summed E-state index contributed by atoms with van der Waals surface area (Å²) in [5, 5.41) is 5.16. The van der Waals surface area contributed by atoms with E-state index in [4.69, 9.17) is 24.7 Å². The van der Waals surface area contributed by atoms with Gasteiger partial charge in [-0.2, -0.15) is 5.10 Å². The van der Waals surface area contributed by atoms with Crippen molar-refractivity contribution in [3.8, 4) is 17.2 Å². The van der Waals surface area contributed by atoms with Crippen molar-refractivity contribution >= 4 is 16.8 Å². The van der Waals surface area contributed by atoms with Crippen molar-refractivity contribution < 1.29 is 23.7 Å². The second-order valence-corrected chi connectivity index (χ2v) is 7.34. The van der Waals surface area contributed by atoms with Crippen LogP contribution in [0.25, 0.3) is 10.9 Å². The lowest BCUT2D eigenvalue weighted by molar-refractivity contribution is -0.0388. The van der Waals surface area contributed by atoms with Crippen LogP contribution in [0.2, 0.25) is 0 Å². The molecule has 2 heterocycles. The summed E-state index contributed by atoms with van der Waals surface area (Å²) < 4.78 is 24.7. The molecule has 1 aliphatic heterocycles. The summed E-state index contributed by atoms with van der Waals surface area (Å²) in [7, 11) is 0. The van der Waals surface area contributed by atoms with E-state index in [0.29, 0.717) is 36.8 Å². The van der Waals surface area contributed by atoms with Gasteiger partial charge in [0.05, 0.1) is 30.0 Å². The van der Waals surface area contributed by atoms with Gasteiger partial charge in [-0.25, -0.2) is 0 Å². The number of benzene rings is 2. The number of ether oxygens (including phenoxy) is 4. The van der Waals surface area contributed by atoms with Crippen LogP contribution >= 0.6 is 0 Å². The predicted octanol–water partition coefficient (Wildman–Crippen LogP) is 3.52. The SMILES string of the molecule is CCn1ncc2cc(C(N)=O)c(Oc3ccc(OCCOC4CCOCC4)cc3)cc21. The molecule has 2 aromatic carbocycles. The van der Waals surface area contributed by atoms with Crippen LogP contribution in [0.4, 0.5) is 0 Å². The smallest absolute Gasteiger partial charge is 0.252 e. The maximum Gasteiger partial charge on any atom is 0.252 e. The van der Waals surface area contributed by atoms with Crippen molar-refractivity contribution in [3.05, 3.63) is 48.2 Å². The summed E-state index contributed by atoms with van der Waals surface area (Å²) in [6, 6.07) is 10.7. The third-order valence-corrected chi connectivity index (χ3v) is 5.23. The zero-order chi connectivity index (χ0) is 21.6. The first kappa shape index (κ1) is 21.1. The molecule has 0 spiro atoms. The lowest BCUT2D eigenvalue weighted by Crippen LogP contribution is -2.25. The maximum atomic E-state index is 11.9. The molecule has 0 saturated carbocycles. The third kappa shape index (κ3) is 5.15. The van der Waals surface area contributed by atoms with Gasteiger partial charge in [0.15, 0.2) is 0 Å². The lowest BCUT2D eigenvalue weighted by Gasteiger charge is -2.22. The topological polar surface area (TPSA) is 97.8 Å². The number of hydrogen-bond donors (Lipinski definition) is 1. The van der Waals surface area contributed by atoms with E-state index in [2.05, 4.69) is 5.10 Å². The van der Waals surface area contributed by atoms with Crippen LogP contribution in [0.5, 0.6) is 17.2 Å². The number of aromatic nitrogens is 2. The fourth-order valence-corrected chi connectivity index (χ4v) is 3.58. The summed E-state index contributed by atoms with van der Waals surface area (Å²) in [5.74, 6) is 1.15. The molecule has 0 bridgehead atoms. The Labute approximate surface area is 180 Å². The number of rotatable bonds is 9. The van der Waals surface area contributed by atoms with Crippen molar-refractivity contribution in [3.63, 3.8) is 0 Å². The van der Waals surface area contributed by atoms with E-state index in [1.54, 1.807) is 30.5 Å². The summed E-state index contributed by atoms with van der Waals surface area (Å²) in [6.45, 7) is 5.25. The predicted molar refractivity (Wildman–Crippen MR) is 116 cm³/mol. The molecule has 31 heavy (non-hydrogen) atoms. The Bertz CT molecular complexity index is 1030. The van der Waals surface area contributed by atoms with Gasteiger partial charge < -0.3 is 24.7 Å². The van der Waals surface area contributed by atoms with Crippen LogP contribution in [0, 0.1) is 0 Å². The van der Waals surface area contributed by atoms with E-state index >= 15 is 0 Å². The summed E-state index contributed by atoms with van der Waals surface area (Å²) in [6.07, 6.45) is 3.84. The molecule has 0 aliphatic carbocycles. The van der Waals surface area contributed by atoms with E-state index in [1.165, 1.54) is 0 Å². The average Bonchev–Trinajstić information content (AvgIpc) is 3.20. The Morgan fingerprint density at radius 2 is 1.90 bits per heavy atom. The monoisotopic (exact) mass is 425 g/mol. The van der Waals surface area contributed by atoms with Crippen LogP contribution in [-0.4, -0.2) is 48.2 Å². The molecule has 164 valence electrons. The average molecular weight is 425 g/mol. The van der Waals surface area contributed by atoms with Crippen LogP contribution < -0.4 is 15.2 Å². The second-order valence-electron chi connectivity index (χ2n) is 7.34. The van der Waals surface area contributed by atoms with Crippen LogP contribution in [0.15, 0.2) is 42.6 Å². The molecule has 1 aromatic heterocycles. The number of carbonyl (C=O) groups excluding carboxylic acids is 1. The summed E-state index contributed by atoms with van der Waals surface area (Å²) in [4.78, 5) is 11.9. The summed E-state index contributed by atoms with van der Waals surface area (Å²) in [5.41, 5.74) is 6.75. The fourth-order valence-electron chi connectivity index (χ4n) is 3.58. The molecule has 2 N–H and O–H groups in total. The molecule has 0 unspecified atom stereocenters. The van der Waals surface area contributed by atoms with Gasteiger partial charge in [0, 0.05) is 31.2 Å². The van der Waals surface area contributed by atoms with Gasteiger partial charge >= 0.3 is 0 Å². The maximum absolute atomic E-state index is 11.9. The van der Waals surface area contributed by atoms with Crippen molar-refractivity contribution in [2.24, 2.45) is 5.73 Å². The fraction of sp³-hybridized carbons (Fsp3) is 0.391. The van der Waals surface area contributed by atoms with E-state index in [-0.39, 0.29) is 6.10 Å². The number of nitrogens with two attached hydrogens (primary N) is 1. The molecule has 0 atom stereocenters. The van der Waals surface area contributed by atoms with E-state index in [0.717, 1.165) is 42.7 Å². The second kappa shape index (κ2) is 9.80. The van der Waals surface area contributed by atoms with Crippen molar-refractivity contribution in [2.75, 3.05) is 26.4 Å². The highest BCUT2D eigenvalue weighted by Gasteiger charge is 2.15. The molecular weight excluding hydrogens is 398 g/mol. The van der Waals surface area contributed by atoms with Crippen LogP contribution in [0.3, 0.4) is 0 Å². The molecule has 4 rings (SSSR count). The number of primary amides is 1. The minimum absolute atomic E-state index is 0.258. The van der Waals surface area contributed by atoms with Crippen LogP contribution in [-0.2, 0) is 16.0 Å². The largest absolute Gasteiger partial charge is 0.491 e. The molecule has 8 heteroatoms. The van der Waals surface area contributed by atoms with E-state index < -0.39 is 5.91 Å². The standard InChI is InChI=1S/C23H27N3O5/c1-2-26-21-14-22(20(23(24)27)13-16(21)15-25-26)31-19-5-3-17(4-6-19)29-11-12-30-18-7-9-28-10-8-18/h3-6,13-15,18H,2,7-12H2,1H3,(H2,24,27). The molecule has 1 fully saturated rings. The number of nitrogens with zero attached hydrogens (tertiary/aromatic N) is 2. The molecule has 3 aromatic rings. The van der Waals surface area contributed by atoms with Crippen molar-refractivity contribution in [1.82, 2.24) is 9.78 Å². The molecular formula is C23H27N3O5. The molecule has 8 nitrogen and oxygen atoms in total. The molecule has 1 saturated heterocycles. The first-order valence-electron chi connectivity index (χ1n) is 10.5. The Kier molecular flexibility index (Phi) is 6.69. The van der Waals surface area contributed by atoms with Crippen molar-refractivity contribution in [1.29, 1.82) is 0 Å². The minimum Gasteiger partial charge on any atom is -0.491 e. The minimum atomic E-state index is -0.550. The number of fused-ring (bicyclic) bond motifs is 1. The van der Waals surface area contributed by atoms with Crippen molar-refractivity contribution in [2.45, 2.75) is 32.4 Å². The van der Waals surface area contributed by atoms with Crippen LogP contribution in [0.1, 0.15) is 30.1 Å². The molecule has 1 amide bonds. The summed E-state index contributed by atoms with van der Waals surface area (Å²) >= 11 is 0. The van der Waals surface area contributed by atoms with Gasteiger partial charge in [-0.1, -0.05) is 0 Å². The van der Waals surface area contributed by atoms with E-state index in [1.807, 2.05) is 23.7 Å². The number of carbonyl (C=O) groups is 1. The van der Waals surface area contributed by atoms with Gasteiger partial charge in [0.25, 0.3) is 5.91 Å². The van der Waals surface area contributed by atoms with Gasteiger partial charge in [-0.05, 0) is 50.1 Å². The first-order chi connectivity index (χ1) is 15.1. The third-order valence-electron chi connectivity index (χ3n) is 5.23. The molecule has 1 aliphatic rings. The quantitative estimate of drug-likeness (QED) is 0.527. The molecule has 0 radical (unpaired) electrons. The normalized spacial score (nSPS) is 14.6. The van der Waals surface area contributed by atoms with Gasteiger partial charge in [0.1, 0.15) is 23.9 Å². The zero-order valence-corrected chi connectivity index (χ0v) is 17.6.